The number of hydrogen-bond acceptors (Lipinski definition) is 4. The van der Waals surface area contributed by atoms with Gasteiger partial charge in [0, 0.05) is 55.8 Å². The summed E-state index contributed by atoms with van der Waals surface area (Å²) in [6.07, 6.45) is 0. The van der Waals surface area contributed by atoms with Crippen LogP contribution in [0.1, 0.15) is 15.9 Å². The number of nitrogens with zero attached hydrogens (tertiary/aromatic N) is 2. The maximum Gasteiger partial charge on any atom is 0.309 e. The molecule has 3 rings (SSSR count). The van der Waals surface area contributed by atoms with Crippen LogP contribution < -0.4 is 10.6 Å². The van der Waals surface area contributed by atoms with E-state index in [4.69, 9.17) is 0 Å². The number of amides is 3. The third-order valence-corrected chi connectivity index (χ3v) is 5.50. The van der Waals surface area contributed by atoms with Crippen LogP contribution in [0.2, 0.25) is 0 Å². The van der Waals surface area contributed by atoms with Crippen molar-refractivity contribution in [3.8, 4) is 0 Å². The average molecular weight is 473 g/mol. The fraction of sp³-hybridized carbons (Fsp3) is 0.318. The Morgan fingerprint density at radius 2 is 1.47 bits per heavy atom. The number of carbonyl (C=O) groups excluding carboxylic acids is 3. The lowest BCUT2D eigenvalue weighted by molar-refractivity contribution is -0.139. The monoisotopic (exact) mass is 472 g/mol. The van der Waals surface area contributed by atoms with Crippen molar-refractivity contribution < 1.29 is 14.4 Å². The summed E-state index contributed by atoms with van der Waals surface area (Å²) in [4.78, 5) is 40.4. The quantitative estimate of drug-likeness (QED) is 0.626. The topological polar surface area (TPSA) is 81.8 Å². The Labute approximate surface area is 184 Å². The minimum atomic E-state index is -0.635. The largest absolute Gasteiger partial charge is 0.347 e. The SMILES string of the molecule is O=C(NCCN1CCN(C(=O)c2ccc(Br)cc2)CC1)C(=O)NCc1ccccc1. The Kier molecular flexibility index (Phi) is 7.98. The van der Waals surface area contributed by atoms with Crippen LogP contribution in [-0.2, 0) is 16.1 Å². The van der Waals surface area contributed by atoms with Gasteiger partial charge in [0.25, 0.3) is 5.91 Å². The lowest BCUT2D eigenvalue weighted by atomic mass is 10.2. The molecule has 1 fully saturated rings. The maximum atomic E-state index is 12.6. The van der Waals surface area contributed by atoms with Crippen LogP contribution in [0.25, 0.3) is 0 Å². The van der Waals surface area contributed by atoms with Crippen molar-refractivity contribution in [2.75, 3.05) is 39.3 Å². The maximum absolute atomic E-state index is 12.6. The zero-order valence-corrected chi connectivity index (χ0v) is 18.2. The molecule has 30 heavy (non-hydrogen) atoms. The van der Waals surface area contributed by atoms with Crippen molar-refractivity contribution in [2.45, 2.75) is 6.54 Å². The van der Waals surface area contributed by atoms with Crippen LogP contribution in [0.15, 0.2) is 59.1 Å². The first-order chi connectivity index (χ1) is 14.5. The number of halogens is 1. The van der Waals surface area contributed by atoms with Crippen molar-refractivity contribution >= 4 is 33.7 Å². The van der Waals surface area contributed by atoms with Crippen molar-refractivity contribution in [3.63, 3.8) is 0 Å². The zero-order chi connectivity index (χ0) is 21.3. The summed E-state index contributed by atoms with van der Waals surface area (Å²) in [5.74, 6) is -1.23. The van der Waals surface area contributed by atoms with E-state index in [9.17, 15) is 14.4 Å². The Balaban J connectivity index is 1.33. The molecule has 0 aromatic heterocycles. The normalized spacial score (nSPS) is 14.2. The number of rotatable bonds is 6. The lowest BCUT2D eigenvalue weighted by Crippen LogP contribution is -2.50. The first-order valence-corrected chi connectivity index (χ1v) is 10.7. The van der Waals surface area contributed by atoms with E-state index in [1.165, 1.54) is 0 Å². The highest BCUT2D eigenvalue weighted by Crippen LogP contribution is 2.13. The molecule has 8 heteroatoms. The highest BCUT2D eigenvalue weighted by molar-refractivity contribution is 9.10. The molecule has 0 saturated carbocycles. The standard InChI is InChI=1S/C22H25BrN4O3/c23-19-8-6-18(7-9-19)22(30)27-14-12-26(13-15-27)11-10-24-20(28)21(29)25-16-17-4-2-1-3-5-17/h1-9H,10-16H2,(H,24,28)(H,25,29). The van der Waals surface area contributed by atoms with Crippen LogP contribution in [0.3, 0.4) is 0 Å². The smallest absolute Gasteiger partial charge is 0.309 e. The molecular weight excluding hydrogens is 448 g/mol. The van der Waals surface area contributed by atoms with Gasteiger partial charge >= 0.3 is 11.8 Å². The number of benzene rings is 2. The third-order valence-electron chi connectivity index (χ3n) is 4.97. The van der Waals surface area contributed by atoms with E-state index in [2.05, 4.69) is 31.5 Å². The highest BCUT2D eigenvalue weighted by Gasteiger charge is 2.22. The van der Waals surface area contributed by atoms with Gasteiger partial charge in [-0.1, -0.05) is 46.3 Å². The summed E-state index contributed by atoms with van der Waals surface area (Å²) in [5, 5.41) is 5.27. The zero-order valence-electron chi connectivity index (χ0n) is 16.6. The Bertz CT molecular complexity index is 866. The molecule has 7 nitrogen and oxygen atoms in total. The number of carbonyl (C=O) groups is 3. The van der Waals surface area contributed by atoms with Crippen LogP contribution in [0, 0.1) is 0 Å². The van der Waals surface area contributed by atoms with Gasteiger partial charge in [-0.2, -0.15) is 0 Å². The average Bonchev–Trinajstić information content (AvgIpc) is 2.78. The molecule has 2 N–H and O–H groups in total. The Morgan fingerprint density at radius 3 is 2.13 bits per heavy atom. The van der Waals surface area contributed by atoms with Gasteiger partial charge in [-0.15, -0.1) is 0 Å². The Morgan fingerprint density at radius 1 is 0.833 bits per heavy atom. The van der Waals surface area contributed by atoms with Gasteiger partial charge in [0.15, 0.2) is 0 Å². The first kappa shape index (κ1) is 22.0. The van der Waals surface area contributed by atoms with Crippen LogP contribution in [-0.4, -0.2) is 66.8 Å². The fourth-order valence-corrected chi connectivity index (χ4v) is 3.48. The number of nitrogens with one attached hydrogen (secondary N) is 2. The third kappa shape index (κ3) is 6.40. The van der Waals surface area contributed by atoms with Crippen LogP contribution >= 0.6 is 15.9 Å². The van der Waals surface area contributed by atoms with E-state index in [-0.39, 0.29) is 5.91 Å². The van der Waals surface area contributed by atoms with E-state index in [1.807, 2.05) is 59.5 Å². The molecule has 0 unspecified atom stereocenters. The summed E-state index contributed by atoms with van der Waals surface area (Å²) in [7, 11) is 0. The van der Waals surface area contributed by atoms with Crippen molar-refractivity contribution in [3.05, 3.63) is 70.2 Å². The minimum Gasteiger partial charge on any atom is -0.347 e. The molecule has 0 spiro atoms. The van der Waals surface area contributed by atoms with Gasteiger partial charge in [0.1, 0.15) is 0 Å². The van der Waals surface area contributed by atoms with E-state index >= 15 is 0 Å². The lowest BCUT2D eigenvalue weighted by Gasteiger charge is -2.34. The molecule has 1 aliphatic rings. The summed E-state index contributed by atoms with van der Waals surface area (Å²) >= 11 is 3.37. The molecular formula is C22H25BrN4O3. The van der Waals surface area contributed by atoms with Crippen molar-refractivity contribution in [1.29, 1.82) is 0 Å². The highest BCUT2D eigenvalue weighted by atomic mass is 79.9. The van der Waals surface area contributed by atoms with Crippen LogP contribution in [0.4, 0.5) is 0 Å². The predicted molar refractivity (Wildman–Crippen MR) is 118 cm³/mol. The molecule has 158 valence electrons. The van der Waals surface area contributed by atoms with E-state index in [1.54, 1.807) is 0 Å². The van der Waals surface area contributed by atoms with Crippen molar-refractivity contribution in [2.24, 2.45) is 0 Å². The van der Waals surface area contributed by atoms with Crippen LogP contribution in [0.5, 0.6) is 0 Å². The molecule has 0 aliphatic carbocycles. The molecule has 1 saturated heterocycles. The molecule has 0 bridgehead atoms. The second-order valence-corrected chi connectivity index (χ2v) is 7.98. The summed E-state index contributed by atoms with van der Waals surface area (Å²) in [6.45, 7) is 4.09. The summed E-state index contributed by atoms with van der Waals surface area (Å²) in [5.41, 5.74) is 1.62. The molecule has 2 aromatic carbocycles. The van der Waals surface area contributed by atoms with Crippen molar-refractivity contribution in [1.82, 2.24) is 20.4 Å². The fourth-order valence-electron chi connectivity index (χ4n) is 3.22. The molecule has 0 atom stereocenters. The number of hydrogen-bond donors (Lipinski definition) is 2. The molecule has 3 amide bonds. The van der Waals surface area contributed by atoms with Gasteiger partial charge in [-0.05, 0) is 29.8 Å². The molecule has 2 aromatic rings. The molecule has 1 aliphatic heterocycles. The van der Waals surface area contributed by atoms with E-state index < -0.39 is 11.8 Å². The minimum absolute atomic E-state index is 0.0329. The first-order valence-electron chi connectivity index (χ1n) is 9.90. The van der Waals surface area contributed by atoms with Gasteiger partial charge < -0.3 is 15.5 Å². The summed E-state index contributed by atoms with van der Waals surface area (Å²) < 4.78 is 0.944. The number of piperazine rings is 1. The second kappa shape index (κ2) is 10.9. The second-order valence-electron chi connectivity index (χ2n) is 7.06. The van der Waals surface area contributed by atoms with E-state index in [0.29, 0.717) is 38.3 Å². The Hall–Kier alpha value is -2.71. The van der Waals surface area contributed by atoms with Gasteiger partial charge in [-0.25, -0.2) is 0 Å². The van der Waals surface area contributed by atoms with Gasteiger partial charge in [0.05, 0.1) is 0 Å². The molecule has 0 radical (unpaired) electrons. The van der Waals surface area contributed by atoms with Gasteiger partial charge in [-0.3, -0.25) is 19.3 Å². The predicted octanol–water partition coefficient (Wildman–Crippen LogP) is 1.64. The van der Waals surface area contributed by atoms with Gasteiger partial charge in [0.2, 0.25) is 0 Å². The molecule has 1 heterocycles. The summed E-state index contributed by atoms with van der Waals surface area (Å²) in [6, 6.07) is 16.8. The van der Waals surface area contributed by atoms with E-state index in [0.717, 1.165) is 23.1 Å².